The first-order valence-corrected chi connectivity index (χ1v) is 5.29. The first-order chi connectivity index (χ1) is 7.61. The van der Waals surface area contributed by atoms with E-state index >= 15 is 0 Å². The molecule has 1 atom stereocenters. The highest BCUT2D eigenvalue weighted by atomic mass is 16.4. The van der Waals surface area contributed by atoms with E-state index in [-0.39, 0.29) is 0 Å². The third kappa shape index (κ3) is 1.78. The smallest absolute Gasteiger partial charge is 0.372 e. The van der Waals surface area contributed by atoms with E-state index in [0.29, 0.717) is 16.8 Å². The molecule has 84 valence electrons. The van der Waals surface area contributed by atoms with Crippen molar-refractivity contribution in [3.63, 3.8) is 0 Å². The number of hydrogen-bond donors (Lipinski definition) is 1. The summed E-state index contributed by atoms with van der Waals surface area (Å²) in [5, 5.41) is 0.428. The van der Waals surface area contributed by atoms with Crippen molar-refractivity contribution in [1.29, 1.82) is 0 Å². The first kappa shape index (κ1) is 10.7. The molecule has 0 saturated heterocycles. The lowest BCUT2D eigenvalue weighted by Gasteiger charge is -2.08. The van der Waals surface area contributed by atoms with Crippen molar-refractivity contribution in [1.82, 2.24) is 4.98 Å². The number of aromatic nitrogens is 1. The lowest BCUT2D eigenvalue weighted by Crippen LogP contribution is -2.14. The Kier molecular flexibility index (Phi) is 2.64. The van der Waals surface area contributed by atoms with Crippen LogP contribution in [-0.2, 0) is 0 Å². The second-order valence-electron chi connectivity index (χ2n) is 3.92. The molecule has 0 fully saturated rings. The fourth-order valence-electron chi connectivity index (χ4n) is 1.66. The van der Waals surface area contributed by atoms with Crippen molar-refractivity contribution < 1.29 is 4.42 Å². The maximum atomic E-state index is 11.5. The molecule has 1 unspecified atom stereocenters. The number of hydrogen-bond acceptors (Lipinski definition) is 3. The van der Waals surface area contributed by atoms with Crippen LogP contribution in [0.1, 0.15) is 31.7 Å². The molecule has 1 aromatic carbocycles. The normalized spacial score (nSPS) is 12.9. The van der Waals surface area contributed by atoms with Crippen LogP contribution in [0.2, 0.25) is 0 Å². The summed E-state index contributed by atoms with van der Waals surface area (Å²) in [6.07, 6.45) is 1.00. The predicted octanol–water partition coefficient (Wildman–Crippen LogP) is 1.99. The van der Waals surface area contributed by atoms with Crippen LogP contribution in [0.4, 0.5) is 0 Å². The molecule has 0 spiro atoms. The summed E-state index contributed by atoms with van der Waals surface area (Å²) in [6, 6.07) is 5.45. The second-order valence-corrected chi connectivity index (χ2v) is 3.92. The lowest BCUT2D eigenvalue weighted by atomic mass is 9.97. The summed E-state index contributed by atoms with van der Waals surface area (Å²) in [4.78, 5) is 24.9. The van der Waals surface area contributed by atoms with Crippen LogP contribution in [0.15, 0.2) is 32.2 Å². The maximum absolute atomic E-state index is 11.5. The lowest BCUT2D eigenvalue weighted by molar-refractivity contribution is 0.460. The average Bonchev–Trinajstić information content (AvgIpc) is 2.27. The van der Waals surface area contributed by atoms with Gasteiger partial charge in [0.25, 0.3) is 0 Å². The van der Waals surface area contributed by atoms with E-state index in [1.54, 1.807) is 12.1 Å². The van der Waals surface area contributed by atoms with Crippen LogP contribution in [0.25, 0.3) is 10.9 Å². The summed E-state index contributed by atoms with van der Waals surface area (Å²) in [6.45, 7) is 4.18. The van der Waals surface area contributed by atoms with Gasteiger partial charge in [0.1, 0.15) is 0 Å². The standard InChI is InChI=1S/C12H13NO3/c1-3-7(2)8-4-5-10-9(6-8)11(14)16-12(15)13-10/h4-7H,3H2,1-2H3,(H,13,15). The number of benzene rings is 1. The molecule has 0 bridgehead atoms. The van der Waals surface area contributed by atoms with E-state index in [9.17, 15) is 9.59 Å². The molecule has 16 heavy (non-hydrogen) atoms. The van der Waals surface area contributed by atoms with Gasteiger partial charge in [0.2, 0.25) is 0 Å². The van der Waals surface area contributed by atoms with Gasteiger partial charge in [0.15, 0.2) is 0 Å². The van der Waals surface area contributed by atoms with Gasteiger partial charge in [0.05, 0.1) is 10.9 Å². The Morgan fingerprint density at radius 1 is 1.38 bits per heavy atom. The minimum atomic E-state index is -0.714. The molecule has 0 saturated carbocycles. The van der Waals surface area contributed by atoms with E-state index in [1.807, 2.05) is 6.07 Å². The van der Waals surface area contributed by atoms with Gasteiger partial charge in [-0.15, -0.1) is 0 Å². The Labute approximate surface area is 91.9 Å². The number of rotatable bonds is 2. The maximum Gasteiger partial charge on any atom is 0.419 e. The van der Waals surface area contributed by atoms with Crippen LogP contribution in [0.3, 0.4) is 0 Å². The average molecular weight is 219 g/mol. The largest absolute Gasteiger partial charge is 0.419 e. The van der Waals surface area contributed by atoms with Gasteiger partial charge in [-0.25, -0.2) is 9.59 Å². The zero-order chi connectivity index (χ0) is 11.7. The summed E-state index contributed by atoms with van der Waals surface area (Å²) < 4.78 is 4.49. The zero-order valence-corrected chi connectivity index (χ0v) is 9.24. The third-order valence-electron chi connectivity index (χ3n) is 2.87. The van der Waals surface area contributed by atoms with Gasteiger partial charge in [-0.1, -0.05) is 19.9 Å². The minimum Gasteiger partial charge on any atom is -0.372 e. The van der Waals surface area contributed by atoms with E-state index in [2.05, 4.69) is 23.2 Å². The molecule has 0 radical (unpaired) electrons. The molecule has 1 heterocycles. The van der Waals surface area contributed by atoms with Crippen molar-refractivity contribution in [3.8, 4) is 0 Å². The van der Waals surface area contributed by atoms with Crippen molar-refractivity contribution >= 4 is 10.9 Å². The second kappa shape index (κ2) is 3.96. The molecular weight excluding hydrogens is 206 g/mol. The molecule has 1 N–H and O–H groups in total. The van der Waals surface area contributed by atoms with Crippen LogP contribution in [0, 0.1) is 0 Å². The van der Waals surface area contributed by atoms with E-state index in [0.717, 1.165) is 12.0 Å². The quantitative estimate of drug-likeness (QED) is 0.840. The van der Waals surface area contributed by atoms with Crippen molar-refractivity contribution in [2.45, 2.75) is 26.2 Å². The highest BCUT2D eigenvalue weighted by molar-refractivity contribution is 5.77. The van der Waals surface area contributed by atoms with Gasteiger partial charge in [-0.05, 0) is 30.0 Å². The van der Waals surface area contributed by atoms with Crippen LogP contribution < -0.4 is 11.4 Å². The first-order valence-electron chi connectivity index (χ1n) is 5.29. The number of nitrogens with one attached hydrogen (secondary N) is 1. The molecule has 1 aromatic heterocycles. The topological polar surface area (TPSA) is 63.1 Å². The zero-order valence-electron chi connectivity index (χ0n) is 9.24. The summed E-state index contributed by atoms with van der Waals surface area (Å²) in [7, 11) is 0. The highest BCUT2D eigenvalue weighted by Gasteiger charge is 2.07. The minimum absolute atomic E-state index is 0.385. The number of fused-ring (bicyclic) bond motifs is 1. The SMILES string of the molecule is CCC(C)c1ccc2[nH]c(=O)oc(=O)c2c1. The molecule has 0 aliphatic carbocycles. The van der Waals surface area contributed by atoms with E-state index < -0.39 is 11.4 Å². The third-order valence-corrected chi connectivity index (χ3v) is 2.87. The molecule has 2 aromatic rings. The Balaban J connectivity index is 2.71. The Bertz CT molecular complexity index is 624. The Morgan fingerprint density at radius 3 is 2.81 bits per heavy atom. The fourth-order valence-corrected chi connectivity index (χ4v) is 1.66. The highest BCUT2D eigenvalue weighted by Crippen LogP contribution is 2.20. The number of H-pyrrole nitrogens is 1. The summed E-state index contributed by atoms with van der Waals surface area (Å²) in [5.41, 5.74) is 1.02. The van der Waals surface area contributed by atoms with E-state index in [1.165, 1.54) is 0 Å². The number of aromatic amines is 1. The molecule has 0 aliphatic heterocycles. The van der Waals surface area contributed by atoms with Gasteiger partial charge in [0, 0.05) is 0 Å². The fraction of sp³-hybridized carbons (Fsp3) is 0.333. The monoisotopic (exact) mass is 219 g/mol. The molecule has 4 heteroatoms. The molecular formula is C12H13NO3. The molecule has 2 rings (SSSR count). The summed E-state index contributed by atoms with van der Waals surface area (Å²) >= 11 is 0. The predicted molar refractivity (Wildman–Crippen MR) is 61.8 cm³/mol. The van der Waals surface area contributed by atoms with E-state index in [4.69, 9.17) is 0 Å². The van der Waals surface area contributed by atoms with Gasteiger partial charge >= 0.3 is 11.4 Å². The molecule has 4 nitrogen and oxygen atoms in total. The van der Waals surface area contributed by atoms with Gasteiger partial charge in [-0.2, -0.15) is 0 Å². The van der Waals surface area contributed by atoms with Crippen LogP contribution in [-0.4, -0.2) is 4.98 Å². The van der Waals surface area contributed by atoms with Crippen LogP contribution >= 0.6 is 0 Å². The molecule has 0 amide bonds. The Morgan fingerprint density at radius 2 is 2.12 bits per heavy atom. The van der Waals surface area contributed by atoms with Crippen LogP contribution in [0.5, 0.6) is 0 Å². The van der Waals surface area contributed by atoms with Gasteiger partial charge < -0.3 is 4.42 Å². The van der Waals surface area contributed by atoms with Crippen molar-refractivity contribution in [2.24, 2.45) is 0 Å². The van der Waals surface area contributed by atoms with Gasteiger partial charge in [-0.3, -0.25) is 4.98 Å². The molecule has 0 aliphatic rings. The Hall–Kier alpha value is -1.84. The van der Waals surface area contributed by atoms with Crippen molar-refractivity contribution in [2.75, 3.05) is 0 Å². The van der Waals surface area contributed by atoms with Crippen molar-refractivity contribution in [3.05, 3.63) is 44.7 Å². The summed E-state index contributed by atoms with van der Waals surface area (Å²) in [5.74, 6) is -0.329.